The molecule has 0 saturated carbocycles. The Morgan fingerprint density at radius 2 is 1.67 bits per heavy atom. The van der Waals surface area contributed by atoms with Gasteiger partial charge in [0.1, 0.15) is 0 Å². The lowest BCUT2D eigenvalue weighted by atomic mass is 10.0. The third-order valence-electron chi connectivity index (χ3n) is 2.65. The van der Waals surface area contributed by atoms with Gasteiger partial charge in [-0.15, -0.1) is 0 Å². The van der Waals surface area contributed by atoms with E-state index < -0.39 is 0 Å². The molecule has 0 amide bonds. The molecule has 0 heterocycles. The van der Waals surface area contributed by atoms with Crippen LogP contribution in [0.15, 0.2) is 29.3 Å². The minimum absolute atomic E-state index is 0.653. The predicted molar refractivity (Wildman–Crippen MR) is 82.3 cm³/mol. The Labute approximate surface area is 112 Å². The van der Waals surface area contributed by atoms with Crippen LogP contribution in [0.1, 0.15) is 51.2 Å². The Kier molecular flexibility index (Phi) is 7.93. The van der Waals surface area contributed by atoms with Crippen molar-refractivity contribution in [3.8, 4) is 0 Å². The topological polar surface area (TPSA) is 36.2 Å². The summed E-state index contributed by atoms with van der Waals surface area (Å²) in [7, 11) is 1.75. The summed E-state index contributed by atoms with van der Waals surface area (Å²) in [5.41, 5.74) is 4.46. The Morgan fingerprint density at radius 3 is 1.94 bits per heavy atom. The molecule has 0 fully saturated rings. The molecule has 0 unspecified atom stereocenters. The third kappa shape index (κ3) is 7.77. The molecule has 0 saturated heterocycles. The molecule has 2 nitrogen and oxygen atoms in total. The molecular weight excluding hydrogens is 220 g/mol. The number of hydrogen-bond acceptors (Lipinski definition) is 2. The van der Waals surface area contributed by atoms with Crippen LogP contribution < -0.4 is 0 Å². The van der Waals surface area contributed by atoms with Crippen molar-refractivity contribution < 1.29 is 0 Å². The van der Waals surface area contributed by atoms with E-state index in [4.69, 9.17) is 5.41 Å². The van der Waals surface area contributed by atoms with E-state index >= 15 is 0 Å². The van der Waals surface area contributed by atoms with Gasteiger partial charge < -0.3 is 5.41 Å². The van der Waals surface area contributed by atoms with Crippen molar-refractivity contribution in [2.75, 3.05) is 7.05 Å². The third-order valence-corrected chi connectivity index (χ3v) is 2.65. The zero-order chi connectivity index (χ0) is 14.1. The average molecular weight is 246 g/mol. The van der Waals surface area contributed by atoms with Crippen molar-refractivity contribution in [1.29, 1.82) is 5.41 Å². The van der Waals surface area contributed by atoms with E-state index in [2.05, 4.69) is 50.0 Å². The largest absolute Gasteiger partial charge is 0.310 e. The fraction of sp³-hybridized carbons (Fsp3) is 0.500. The molecule has 0 aliphatic heterocycles. The maximum Gasteiger partial charge on any atom is 0.0276 e. The summed E-state index contributed by atoms with van der Waals surface area (Å²) in [6, 6.07) is 8.71. The lowest BCUT2D eigenvalue weighted by molar-refractivity contribution is 0.866. The second kappa shape index (κ2) is 8.62. The fourth-order valence-corrected chi connectivity index (χ4v) is 1.41. The molecule has 0 radical (unpaired) electrons. The van der Waals surface area contributed by atoms with Gasteiger partial charge in [0, 0.05) is 24.9 Å². The van der Waals surface area contributed by atoms with Gasteiger partial charge in [-0.2, -0.15) is 0 Å². The number of benzene rings is 1. The number of rotatable bonds is 3. The second-order valence-corrected chi connectivity index (χ2v) is 4.98. The molecule has 0 spiro atoms. The first-order chi connectivity index (χ1) is 8.36. The van der Waals surface area contributed by atoms with Crippen molar-refractivity contribution in [3.63, 3.8) is 0 Å². The Bertz CT molecular complexity index is 386. The van der Waals surface area contributed by atoms with Gasteiger partial charge in [-0.1, -0.05) is 43.7 Å². The summed E-state index contributed by atoms with van der Waals surface area (Å²) in [5, 5.41) is 7.05. The standard InChI is InChI=1S/C10H14.C6H12N2/c1-8(2)10-6-4-9(3)5-7-10;1-5(7)4-6(2)8-3/h4-8H,1-3H3;7H,4H2,1-3H3. The quantitative estimate of drug-likeness (QED) is 0.755. The first-order valence-electron chi connectivity index (χ1n) is 6.39. The van der Waals surface area contributed by atoms with E-state index in [1.807, 2.05) is 6.92 Å². The van der Waals surface area contributed by atoms with Crippen LogP contribution >= 0.6 is 0 Å². The van der Waals surface area contributed by atoms with Crippen LogP contribution in [0, 0.1) is 12.3 Å². The highest BCUT2D eigenvalue weighted by atomic mass is 14.7. The molecule has 0 aliphatic rings. The van der Waals surface area contributed by atoms with Crippen LogP contribution in [0.5, 0.6) is 0 Å². The van der Waals surface area contributed by atoms with Gasteiger partial charge >= 0.3 is 0 Å². The zero-order valence-electron chi connectivity index (χ0n) is 12.5. The Morgan fingerprint density at radius 1 is 1.17 bits per heavy atom. The van der Waals surface area contributed by atoms with Crippen LogP contribution in [-0.4, -0.2) is 18.5 Å². The molecule has 1 rings (SSSR count). The normalized spacial score (nSPS) is 10.9. The molecule has 18 heavy (non-hydrogen) atoms. The molecule has 1 N–H and O–H groups in total. The van der Waals surface area contributed by atoms with Gasteiger partial charge in [-0.25, -0.2) is 0 Å². The number of hydrogen-bond donors (Lipinski definition) is 1. The second-order valence-electron chi connectivity index (χ2n) is 4.98. The summed E-state index contributed by atoms with van der Waals surface area (Å²) < 4.78 is 0. The van der Waals surface area contributed by atoms with Gasteiger partial charge in [0.2, 0.25) is 0 Å². The van der Waals surface area contributed by atoms with Gasteiger partial charge in [0.25, 0.3) is 0 Å². The van der Waals surface area contributed by atoms with Crippen LogP contribution in [0.25, 0.3) is 0 Å². The number of nitrogens with one attached hydrogen (secondary N) is 1. The molecule has 0 bridgehead atoms. The summed E-state index contributed by atoms with van der Waals surface area (Å²) in [6.07, 6.45) is 0.719. The first-order valence-corrected chi connectivity index (χ1v) is 6.39. The van der Waals surface area contributed by atoms with Crippen molar-refractivity contribution >= 4 is 11.4 Å². The molecule has 100 valence electrons. The highest BCUT2D eigenvalue weighted by Crippen LogP contribution is 2.13. The fourth-order valence-electron chi connectivity index (χ4n) is 1.41. The van der Waals surface area contributed by atoms with Gasteiger partial charge in [-0.3, -0.25) is 4.99 Å². The molecule has 0 atom stereocenters. The zero-order valence-corrected chi connectivity index (χ0v) is 12.5. The molecule has 0 aliphatic carbocycles. The Hall–Kier alpha value is -1.44. The minimum Gasteiger partial charge on any atom is -0.310 e. The van der Waals surface area contributed by atoms with E-state index in [-0.39, 0.29) is 0 Å². The van der Waals surface area contributed by atoms with E-state index in [1.165, 1.54) is 11.1 Å². The monoisotopic (exact) mass is 246 g/mol. The van der Waals surface area contributed by atoms with Gasteiger partial charge in [0.05, 0.1) is 0 Å². The van der Waals surface area contributed by atoms with Crippen molar-refractivity contribution in [2.24, 2.45) is 4.99 Å². The lowest BCUT2D eigenvalue weighted by Gasteiger charge is -2.03. The smallest absolute Gasteiger partial charge is 0.0276 e. The van der Waals surface area contributed by atoms with Crippen LogP contribution in [-0.2, 0) is 0 Å². The summed E-state index contributed by atoms with van der Waals surface area (Å²) in [5.74, 6) is 0.653. The average Bonchev–Trinajstić information content (AvgIpc) is 2.29. The minimum atomic E-state index is 0.653. The highest BCUT2D eigenvalue weighted by molar-refractivity contribution is 6.00. The number of aryl methyl sites for hydroxylation is 1. The molecule has 2 heteroatoms. The highest BCUT2D eigenvalue weighted by Gasteiger charge is 1.95. The van der Waals surface area contributed by atoms with Crippen molar-refractivity contribution in [2.45, 2.75) is 47.0 Å². The van der Waals surface area contributed by atoms with Crippen molar-refractivity contribution in [1.82, 2.24) is 0 Å². The molecule has 0 aromatic heterocycles. The maximum absolute atomic E-state index is 7.05. The number of aliphatic imine (C=N–C) groups is 1. The predicted octanol–water partition coefficient (Wildman–Crippen LogP) is 4.63. The SMILES string of the molecule is CN=C(C)CC(C)=N.Cc1ccc(C(C)C)cc1. The number of nitrogens with zero attached hydrogens (tertiary/aromatic N) is 1. The molecular formula is C16H26N2. The van der Waals surface area contributed by atoms with Crippen molar-refractivity contribution in [3.05, 3.63) is 35.4 Å². The van der Waals surface area contributed by atoms with E-state index in [0.717, 1.165) is 12.1 Å². The van der Waals surface area contributed by atoms with E-state index in [0.29, 0.717) is 11.6 Å². The van der Waals surface area contributed by atoms with Crippen LogP contribution in [0.2, 0.25) is 0 Å². The van der Waals surface area contributed by atoms with Gasteiger partial charge in [0.15, 0.2) is 0 Å². The van der Waals surface area contributed by atoms with Gasteiger partial charge in [-0.05, 0) is 32.3 Å². The van der Waals surface area contributed by atoms with Crippen LogP contribution in [0.3, 0.4) is 0 Å². The Balaban J connectivity index is 0.000000331. The summed E-state index contributed by atoms with van der Waals surface area (Å²) in [6.45, 7) is 10.3. The van der Waals surface area contributed by atoms with E-state index in [1.54, 1.807) is 14.0 Å². The molecule has 1 aromatic carbocycles. The van der Waals surface area contributed by atoms with E-state index in [9.17, 15) is 0 Å². The summed E-state index contributed by atoms with van der Waals surface area (Å²) in [4.78, 5) is 3.90. The lowest BCUT2D eigenvalue weighted by Crippen LogP contribution is -1.97. The molecule has 1 aromatic rings. The maximum atomic E-state index is 7.05. The first kappa shape index (κ1) is 16.6. The van der Waals surface area contributed by atoms with Crippen LogP contribution in [0.4, 0.5) is 0 Å². The summed E-state index contributed by atoms with van der Waals surface area (Å²) >= 11 is 0.